The molecule has 2 aromatic carbocycles. The van der Waals surface area contributed by atoms with Crippen molar-refractivity contribution in [3.63, 3.8) is 0 Å². The summed E-state index contributed by atoms with van der Waals surface area (Å²) in [5.74, 6) is 0. The van der Waals surface area contributed by atoms with Crippen LogP contribution in [0.5, 0.6) is 0 Å². The van der Waals surface area contributed by atoms with E-state index in [1.807, 2.05) is 6.07 Å². The zero-order chi connectivity index (χ0) is 23.2. The number of aromatic nitrogens is 2. The molecular weight excluding hydrogens is 421 g/mol. The summed E-state index contributed by atoms with van der Waals surface area (Å²) >= 11 is 0. The van der Waals surface area contributed by atoms with Crippen LogP contribution in [0.2, 0.25) is 0 Å². The van der Waals surface area contributed by atoms with E-state index in [0.717, 1.165) is 21.3 Å². The molecule has 0 radical (unpaired) electrons. The molecule has 2 heterocycles. The van der Waals surface area contributed by atoms with Crippen molar-refractivity contribution in [3.05, 3.63) is 97.8 Å². The van der Waals surface area contributed by atoms with Gasteiger partial charge in [-0.2, -0.15) is 23.0 Å². The second-order valence-electron chi connectivity index (χ2n) is 7.22. The molecule has 1 aromatic heterocycles. The van der Waals surface area contributed by atoms with Crippen LogP contribution in [0.4, 0.5) is 18.9 Å². The van der Waals surface area contributed by atoms with E-state index < -0.39 is 23.0 Å². The van der Waals surface area contributed by atoms with Gasteiger partial charge in [0.2, 0.25) is 11.4 Å². The zero-order valence-corrected chi connectivity index (χ0v) is 17.0. The SMILES string of the molecule is Cc1c(C2=CC=[N+]2c2ccc(C#N)cc2)c(=O)n(C)c(=O)n1-c1cccc(C(F)(F)F)c1. The molecule has 32 heavy (non-hydrogen) atoms. The monoisotopic (exact) mass is 437 g/mol. The van der Waals surface area contributed by atoms with Crippen molar-refractivity contribution in [2.45, 2.75) is 13.1 Å². The zero-order valence-electron chi connectivity index (χ0n) is 17.0. The number of benzene rings is 2. The third kappa shape index (κ3) is 3.36. The van der Waals surface area contributed by atoms with Gasteiger partial charge in [0.05, 0.1) is 29.0 Å². The number of nitrogens with zero attached hydrogens (tertiary/aromatic N) is 4. The Morgan fingerprint density at radius 1 is 1.06 bits per heavy atom. The molecule has 0 aliphatic carbocycles. The van der Waals surface area contributed by atoms with Crippen molar-refractivity contribution >= 4 is 17.6 Å². The Morgan fingerprint density at radius 2 is 1.75 bits per heavy atom. The van der Waals surface area contributed by atoms with Crippen LogP contribution in [-0.2, 0) is 13.2 Å². The highest BCUT2D eigenvalue weighted by atomic mass is 19.4. The van der Waals surface area contributed by atoms with Crippen LogP contribution in [0.15, 0.2) is 64.2 Å². The molecule has 0 bridgehead atoms. The summed E-state index contributed by atoms with van der Waals surface area (Å²) in [6.07, 6.45) is -1.17. The average Bonchev–Trinajstić information content (AvgIpc) is 2.74. The van der Waals surface area contributed by atoms with Crippen molar-refractivity contribution in [1.82, 2.24) is 9.13 Å². The van der Waals surface area contributed by atoms with Crippen molar-refractivity contribution in [2.24, 2.45) is 7.05 Å². The Labute approximate surface area is 180 Å². The Kier molecular flexibility index (Phi) is 4.93. The van der Waals surface area contributed by atoms with Crippen LogP contribution >= 0.6 is 0 Å². The van der Waals surface area contributed by atoms with Gasteiger partial charge in [-0.3, -0.25) is 13.9 Å². The number of hydrogen-bond donors (Lipinski definition) is 0. The molecule has 0 spiro atoms. The summed E-state index contributed by atoms with van der Waals surface area (Å²) in [6, 6.07) is 13.1. The smallest absolute Gasteiger partial charge is 0.268 e. The van der Waals surface area contributed by atoms with Crippen LogP contribution in [0.1, 0.15) is 22.4 Å². The molecule has 9 heteroatoms. The number of nitriles is 1. The quantitative estimate of drug-likeness (QED) is 0.589. The molecule has 160 valence electrons. The first-order chi connectivity index (χ1) is 15.1. The van der Waals surface area contributed by atoms with Gasteiger partial charge in [-0.15, -0.1) is 0 Å². The van der Waals surface area contributed by atoms with Crippen LogP contribution in [0, 0.1) is 18.3 Å². The summed E-state index contributed by atoms with van der Waals surface area (Å²) in [4.78, 5) is 25.8. The molecule has 3 aromatic rings. The average molecular weight is 437 g/mol. The van der Waals surface area contributed by atoms with Gasteiger partial charge in [-0.05, 0) is 37.3 Å². The van der Waals surface area contributed by atoms with Gasteiger partial charge in [-0.1, -0.05) is 6.07 Å². The van der Waals surface area contributed by atoms with Crippen LogP contribution in [0.25, 0.3) is 11.4 Å². The van der Waals surface area contributed by atoms with Gasteiger partial charge in [0.1, 0.15) is 5.56 Å². The van der Waals surface area contributed by atoms with E-state index in [1.54, 1.807) is 41.1 Å². The number of rotatable bonds is 3. The van der Waals surface area contributed by atoms with Crippen molar-refractivity contribution in [3.8, 4) is 11.8 Å². The van der Waals surface area contributed by atoms with E-state index in [-0.39, 0.29) is 16.9 Å². The molecule has 1 aliphatic heterocycles. The summed E-state index contributed by atoms with van der Waals surface area (Å²) in [7, 11) is 1.28. The number of alkyl halides is 3. The van der Waals surface area contributed by atoms with Crippen molar-refractivity contribution in [1.29, 1.82) is 5.26 Å². The summed E-state index contributed by atoms with van der Waals surface area (Å²) < 4.78 is 43.3. The third-order valence-corrected chi connectivity index (χ3v) is 5.30. The van der Waals surface area contributed by atoms with Gasteiger partial charge in [0.25, 0.3) is 5.56 Å². The van der Waals surface area contributed by atoms with E-state index in [2.05, 4.69) is 0 Å². The lowest BCUT2D eigenvalue weighted by atomic mass is 10.1. The van der Waals surface area contributed by atoms with Crippen molar-refractivity contribution in [2.75, 3.05) is 0 Å². The predicted molar refractivity (Wildman–Crippen MR) is 112 cm³/mol. The lowest BCUT2D eigenvalue weighted by molar-refractivity contribution is -0.336. The second kappa shape index (κ2) is 7.50. The maximum absolute atomic E-state index is 13.2. The Bertz CT molecular complexity index is 1470. The van der Waals surface area contributed by atoms with E-state index in [0.29, 0.717) is 16.9 Å². The first-order valence-corrected chi connectivity index (χ1v) is 9.48. The van der Waals surface area contributed by atoms with Crippen LogP contribution in [0.3, 0.4) is 0 Å². The Morgan fingerprint density at radius 3 is 2.31 bits per heavy atom. The fourth-order valence-corrected chi connectivity index (χ4v) is 3.58. The fourth-order valence-electron chi connectivity index (χ4n) is 3.58. The Balaban J connectivity index is 1.87. The largest absolute Gasteiger partial charge is 0.416 e. The molecule has 0 amide bonds. The van der Waals surface area contributed by atoms with Gasteiger partial charge in [0.15, 0.2) is 6.21 Å². The molecule has 0 fully saturated rings. The van der Waals surface area contributed by atoms with Gasteiger partial charge >= 0.3 is 11.9 Å². The number of hydrogen-bond acceptors (Lipinski definition) is 3. The molecule has 0 unspecified atom stereocenters. The van der Waals surface area contributed by atoms with Crippen LogP contribution < -0.4 is 11.2 Å². The summed E-state index contributed by atoms with van der Waals surface area (Å²) in [5, 5.41) is 8.98. The van der Waals surface area contributed by atoms with Gasteiger partial charge < -0.3 is 0 Å². The molecule has 0 saturated carbocycles. The third-order valence-electron chi connectivity index (χ3n) is 5.30. The standard InChI is InChI=1S/C23H16F3N4O2/c1-14-20(19-10-11-29(19)17-8-6-15(13-27)7-9-17)21(31)28(2)22(32)30(14)18-5-3-4-16(12-18)23(24,25)26/h3-12H,1-2H3/q+1. The predicted octanol–water partition coefficient (Wildman–Crippen LogP) is 3.50. The summed E-state index contributed by atoms with van der Waals surface area (Å²) in [5.41, 5.74) is -0.122. The first-order valence-electron chi connectivity index (χ1n) is 9.48. The normalized spacial score (nSPS) is 13.1. The molecule has 4 rings (SSSR count). The van der Waals surface area contributed by atoms with Crippen molar-refractivity contribution < 1.29 is 17.7 Å². The number of halogens is 3. The molecule has 0 atom stereocenters. The fraction of sp³-hybridized carbons (Fsp3) is 0.130. The van der Waals surface area contributed by atoms with Gasteiger partial charge in [0, 0.05) is 24.9 Å². The van der Waals surface area contributed by atoms with E-state index in [9.17, 15) is 22.8 Å². The maximum atomic E-state index is 13.2. The Hall–Kier alpha value is -4.19. The van der Waals surface area contributed by atoms with E-state index >= 15 is 0 Å². The number of allylic oxidation sites excluding steroid dienone is 1. The highest BCUT2D eigenvalue weighted by molar-refractivity contribution is 5.89. The minimum atomic E-state index is -4.57. The molecule has 0 saturated heterocycles. The lowest BCUT2D eigenvalue weighted by Gasteiger charge is -2.18. The molecular formula is C23H16F3N4O2+. The van der Waals surface area contributed by atoms with Gasteiger partial charge in [-0.25, -0.2) is 4.79 Å². The van der Waals surface area contributed by atoms with E-state index in [1.165, 1.54) is 26.1 Å². The van der Waals surface area contributed by atoms with Crippen LogP contribution in [-0.4, -0.2) is 19.9 Å². The topological polar surface area (TPSA) is 70.8 Å². The molecule has 0 N–H and O–H groups in total. The highest BCUT2D eigenvalue weighted by Crippen LogP contribution is 2.31. The lowest BCUT2D eigenvalue weighted by Crippen LogP contribution is -2.41. The highest BCUT2D eigenvalue weighted by Gasteiger charge is 2.33. The second-order valence-corrected chi connectivity index (χ2v) is 7.22. The minimum Gasteiger partial charge on any atom is -0.268 e. The molecule has 1 aliphatic rings. The molecule has 6 nitrogen and oxygen atoms in total. The summed E-state index contributed by atoms with van der Waals surface area (Å²) in [6.45, 7) is 1.52. The first kappa shape index (κ1) is 21.1. The maximum Gasteiger partial charge on any atom is 0.416 e. The minimum absolute atomic E-state index is 0.00741. The van der Waals surface area contributed by atoms with E-state index in [4.69, 9.17) is 5.26 Å².